The van der Waals surface area contributed by atoms with Crippen molar-refractivity contribution in [1.82, 2.24) is 30.0 Å². The Kier molecular flexibility index (Phi) is 5.69. The molecule has 1 saturated carbocycles. The molecular formula is C19H25ClN6O. The molecule has 27 heavy (non-hydrogen) atoms. The number of halogens is 1. The highest BCUT2D eigenvalue weighted by Gasteiger charge is 2.28. The minimum absolute atomic E-state index is 0.252. The van der Waals surface area contributed by atoms with Crippen LogP contribution in [-0.2, 0) is 11.3 Å². The van der Waals surface area contributed by atoms with Crippen LogP contribution in [0.2, 0.25) is 5.02 Å². The third-order valence-electron chi connectivity index (χ3n) is 5.61. The van der Waals surface area contributed by atoms with Crippen molar-refractivity contribution in [2.24, 2.45) is 5.92 Å². The number of piperazine rings is 1. The van der Waals surface area contributed by atoms with E-state index < -0.39 is 0 Å². The van der Waals surface area contributed by atoms with Crippen molar-refractivity contribution in [2.75, 3.05) is 26.2 Å². The first-order valence-electron chi connectivity index (χ1n) is 9.75. The molecule has 1 aromatic heterocycles. The van der Waals surface area contributed by atoms with E-state index in [1.807, 2.05) is 24.3 Å². The maximum atomic E-state index is 12.7. The average Bonchev–Trinajstić information content (AvgIpc) is 3.17. The molecule has 1 amide bonds. The number of nitrogens with zero attached hydrogens (tertiary/aromatic N) is 6. The van der Waals surface area contributed by atoms with Crippen LogP contribution in [-0.4, -0.2) is 62.1 Å². The molecule has 2 aromatic rings. The van der Waals surface area contributed by atoms with Crippen molar-refractivity contribution in [1.29, 1.82) is 0 Å². The van der Waals surface area contributed by atoms with Crippen molar-refractivity contribution >= 4 is 17.5 Å². The lowest BCUT2D eigenvalue weighted by Crippen LogP contribution is -2.50. The third-order valence-corrected chi connectivity index (χ3v) is 5.86. The van der Waals surface area contributed by atoms with Gasteiger partial charge in [0.25, 0.3) is 0 Å². The maximum Gasteiger partial charge on any atom is 0.225 e. The van der Waals surface area contributed by atoms with E-state index in [-0.39, 0.29) is 5.92 Å². The Balaban J connectivity index is 1.34. The van der Waals surface area contributed by atoms with Gasteiger partial charge in [-0.2, -0.15) is 4.68 Å². The SMILES string of the molecule is O=C(C1CCCCC1)N1CCN(Cc2nnnn2-c2ccc(Cl)cc2)CC1. The molecule has 0 radical (unpaired) electrons. The van der Waals surface area contributed by atoms with Crippen LogP contribution in [0.15, 0.2) is 24.3 Å². The summed E-state index contributed by atoms with van der Waals surface area (Å²) in [5, 5.41) is 12.8. The number of amides is 1. The van der Waals surface area contributed by atoms with E-state index in [4.69, 9.17) is 11.6 Å². The van der Waals surface area contributed by atoms with Gasteiger partial charge >= 0.3 is 0 Å². The summed E-state index contributed by atoms with van der Waals surface area (Å²) >= 11 is 5.96. The number of carbonyl (C=O) groups is 1. The summed E-state index contributed by atoms with van der Waals surface area (Å²) in [4.78, 5) is 17.1. The fourth-order valence-corrected chi connectivity index (χ4v) is 4.15. The van der Waals surface area contributed by atoms with Crippen LogP contribution in [0.25, 0.3) is 5.69 Å². The highest BCUT2D eigenvalue weighted by Crippen LogP contribution is 2.26. The number of carbonyl (C=O) groups excluding carboxylic acids is 1. The molecule has 2 heterocycles. The van der Waals surface area contributed by atoms with Gasteiger partial charge in [-0.1, -0.05) is 30.9 Å². The molecule has 0 spiro atoms. The van der Waals surface area contributed by atoms with Crippen molar-refractivity contribution in [3.8, 4) is 5.69 Å². The van der Waals surface area contributed by atoms with Gasteiger partial charge in [0.1, 0.15) is 0 Å². The zero-order valence-corrected chi connectivity index (χ0v) is 16.2. The molecule has 2 fully saturated rings. The summed E-state index contributed by atoms with van der Waals surface area (Å²) in [6.45, 7) is 3.95. The summed E-state index contributed by atoms with van der Waals surface area (Å²) in [6.07, 6.45) is 5.80. The first-order chi connectivity index (χ1) is 13.2. The molecule has 0 N–H and O–H groups in total. The van der Waals surface area contributed by atoms with E-state index in [1.54, 1.807) is 4.68 Å². The van der Waals surface area contributed by atoms with E-state index in [0.29, 0.717) is 17.5 Å². The van der Waals surface area contributed by atoms with E-state index in [1.165, 1.54) is 19.3 Å². The molecule has 1 aromatic carbocycles. The second-order valence-corrected chi connectivity index (χ2v) is 7.86. The van der Waals surface area contributed by atoms with Crippen molar-refractivity contribution in [3.63, 3.8) is 0 Å². The number of hydrogen-bond acceptors (Lipinski definition) is 5. The Bertz CT molecular complexity index is 763. The Morgan fingerprint density at radius 1 is 1.04 bits per heavy atom. The van der Waals surface area contributed by atoms with Gasteiger partial charge in [-0.05, 0) is 47.5 Å². The van der Waals surface area contributed by atoms with Crippen molar-refractivity contribution in [3.05, 3.63) is 35.1 Å². The lowest BCUT2D eigenvalue weighted by Gasteiger charge is -2.36. The lowest BCUT2D eigenvalue weighted by molar-refractivity contribution is -0.138. The van der Waals surface area contributed by atoms with E-state index in [2.05, 4.69) is 25.3 Å². The van der Waals surface area contributed by atoms with Crippen LogP contribution in [0.1, 0.15) is 37.9 Å². The molecule has 8 heteroatoms. The molecule has 0 atom stereocenters. The normalized spacial score (nSPS) is 19.4. The Morgan fingerprint density at radius 3 is 2.44 bits per heavy atom. The van der Waals surface area contributed by atoms with Crippen LogP contribution < -0.4 is 0 Å². The highest BCUT2D eigenvalue weighted by atomic mass is 35.5. The second-order valence-electron chi connectivity index (χ2n) is 7.42. The molecule has 144 valence electrons. The van der Waals surface area contributed by atoms with Crippen molar-refractivity contribution < 1.29 is 4.79 Å². The minimum atomic E-state index is 0.252. The first-order valence-corrected chi connectivity index (χ1v) is 10.1. The number of hydrogen-bond donors (Lipinski definition) is 0. The van der Waals surface area contributed by atoms with Gasteiger partial charge in [-0.25, -0.2) is 0 Å². The average molecular weight is 389 g/mol. The molecular weight excluding hydrogens is 364 g/mol. The Hall–Kier alpha value is -1.99. The largest absolute Gasteiger partial charge is 0.340 e. The standard InChI is InChI=1S/C19H25ClN6O/c20-16-6-8-17(9-7-16)26-18(21-22-23-26)14-24-10-12-25(13-11-24)19(27)15-4-2-1-3-5-15/h6-9,15H,1-5,10-14H2. The van der Waals surface area contributed by atoms with Crippen molar-refractivity contribution in [2.45, 2.75) is 38.6 Å². The first kappa shape index (κ1) is 18.4. The number of tetrazole rings is 1. The van der Waals surface area contributed by atoms with E-state index in [9.17, 15) is 4.79 Å². The summed E-state index contributed by atoms with van der Waals surface area (Å²) in [5.74, 6) is 1.41. The molecule has 4 rings (SSSR count). The molecule has 1 aliphatic heterocycles. The smallest absolute Gasteiger partial charge is 0.225 e. The quantitative estimate of drug-likeness (QED) is 0.805. The monoisotopic (exact) mass is 388 g/mol. The van der Waals surface area contributed by atoms with Crippen LogP contribution in [0.3, 0.4) is 0 Å². The summed E-state index contributed by atoms with van der Waals surface area (Å²) in [6, 6.07) is 7.47. The van der Waals surface area contributed by atoms with Gasteiger partial charge in [0, 0.05) is 37.1 Å². The summed E-state index contributed by atoms with van der Waals surface area (Å²) in [5.41, 5.74) is 0.894. The molecule has 1 aliphatic carbocycles. The van der Waals surface area contributed by atoms with E-state index >= 15 is 0 Å². The zero-order valence-electron chi connectivity index (χ0n) is 15.4. The maximum absolute atomic E-state index is 12.7. The molecule has 7 nitrogen and oxygen atoms in total. The summed E-state index contributed by atoms with van der Waals surface area (Å²) < 4.78 is 1.75. The van der Waals surface area contributed by atoms with Crippen LogP contribution >= 0.6 is 11.6 Å². The van der Waals surface area contributed by atoms with E-state index in [0.717, 1.165) is 50.5 Å². The van der Waals surface area contributed by atoms with Gasteiger partial charge in [0.15, 0.2) is 5.82 Å². The lowest BCUT2D eigenvalue weighted by atomic mass is 9.88. The second kappa shape index (κ2) is 8.35. The van der Waals surface area contributed by atoms with Crippen LogP contribution in [0.4, 0.5) is 0 Å². The highest BCUT2D eigenvalue weighted by molar-refractivity contribution is 6.30. The topological polar surface area (TPSA) is 67.2 Å². The fourth-order valence-electron chi connectivity index (χ4n) is 4.02. The number of aromatic nitrogens is 4. The summed E-state index contributed by atoms with van der Waals surface area (Å²) in [7, 11) is 0. The van der Waals surface area contributed by atoms with Gasteiger partial charge < -0.3 is 4.90 Å². The van der Waals surface area contributed by atoms with Gasteiger partial charge in [-0.15, -0.1) is 5.10 Å². The number of rotatable bonds is 4. The fraction of sp³-hybridized carbons (Fsp3) is 0.579. The van der Waals surface area contributed by atoms with Gasteiger partial charge in [0.05, 0.1) is 12.2 Å². The molecule has 2 aliphatic rings. The molecule has 0 bridgehead atoms. The Morgan fingerprint density at radius 2 is 1.74 bits per heavy atom. The third kappa shape index (κ3) is 4.30. The molecule has 0 unspecified atom stereocenters. The van der Waals surface area contributed by atoms with Crippen LogP contribution in [0.5, 0.6) is 0 Å². The Labute approximate surface area is 164 Å². The predicted octanol–water partition coefficient (Wildman–Crippen LogP) is 2.54. The predicted molar refractivity (Wildman–Crippen MR) is 103 cm³/mol. The van der Waals surface area contributed by atoms with Gasteiger partial charge in [0.2, 0.25) is 5.91 Å². The zero-order chi connectivity index (χ0) is 18.6. The minimum Gasteiger partial charge on any atom is -0.340 e. The molecule has 1 saturated heterocycles. The van der Waals surface area contributed by atoms with Crippen LogP contribution in [0, 0.1) is 5.92 Å². The number of benzene rings is 1. The van der Waals surface area contributed by atoms with Gasteiger partial charge in [-0.3, -0.25) is 9.69 Å².